The summed E-state index contributed by atoms with van der Waals surface area (Å²) < 4.78 is 5.41. The zero-order valence-corrected chi connectivity index (χ0v) is 14.1. The van der Waals surface area contributed by atoms with E-state index in [0.717, 1.165) is 24.1 Å². The molecule has 2 aromatic rings. The average Bonchev–Trinajstić information content (AvgIpc) is 2.67. The van der Waals surface area contributed by atoms with Crippen molar-refractivity contribution in [1.82, 2.24) is 9.88 Å². The van der Waals surface area contributed by atoms with Gasteiger partial charge in [-0.1, -0.05) is 36.4 Å². The summed E-state index contributed by atoms with van der Waals surface area (Å²) in [5, 5.41) is 0. The van der Waals surface area contributed by atoms with E-state index < -0.39 is 0 Å². The summed E-state index contributed by atoms with van der Waals surface area (Å²) in [4.78, 5) is 19.6. The van der Waals surface area contributed by atoms with Gasteiger partial charge >= 0.3 is 0 Å². The van der Waals surface area contributed by atoms with Gasteiger partial charge in [-0.15, -0.1) is 0 Å². The van der Waals surface area contributed by atoms with Gasteiger partial charge < -0.3 is 9.64 Å². The van der Waals surface area contributed by atoms with Crippen LogP contribution in [0.15, 0.2) is 54.7 Å². The Hall–Kier alpha value is -2.20. The molecular formula is C20H24N2O2. The van der Waals surface area contributed by atoms with Crippen molar-refractivity contribution in [2.24, 2.45) is 5.92 Å². The van der Waals surface area contributed by atoms with Crippen LogP contribution in [-0.4, -0.2) is 29.0 Å². The van der Waals surface area contributed by atoms with Crippen LogP contribution in [0.4, 0.5) is 0 Å². The molecule has 4 heteroatoms. The molecule has 0 saturated carbocycles. The Morgan fingerprint density at radius 1 is 1.17 bits per heavy atom. The first-order valence-corrected chi connectivity index (χ1v) is 8.59. The van der Waals surface area contributed by atoms with Crippen LogP contribution >= 0.6 is 0 Å². The SMILES string of the molecule is C[C@H](c1ccccn1)N(Cc1ccccc1)C(=O)C1CCOCC1. The molecule has 1 aliphatic rings. The third-order valence-corrected chi connectivity index (χ3v) is 4.63. The van der Waals surface area contributed by atoms with Crippen LogP contribution in [0, 0.1) is 5.92 Å². The van der Waals surface area contributed by atoms with Crippen molar-refractivity contribution in [1.29, 1.82) is 0 Å². The summed E-state index contributed by atoms with van der Waals surface area (Å²) in [5.74, 6) is 0.258. The van der Waals surface area contributed by atoms with Gasteiger partial charge in [0.05, 0.1) is 11.7 Å². The molecule has 0 aliphatic carbocycles. The number of carbonyl (C=O) groups excluding carboxylic acids is 1. The van der Waals surface area contributed by atoms with Crippen molar-refractivity contribution in [2.45, 2.75) is 32.4 Å². The van der Waals surface area contributed by atoms with Gasteiger partial charge in [-0.2, -0.15) is 0 Å². The molecule has 24 heavy (non-hydrogen) atoms. The first kappa shape index (κ1) is 16.7. The van der Waals surface area contributed by atoms with Gasteiger partial charge in [-0.05, 0) is 37.5 Å². The van der Waals surface area contributed by atoms with E-state index in [0.29, 0.717) is 19.8 Å². The van der Waals surface area contributed by atoms with E-state index in [4.69, 9.17) is 4.74 Å². The molecule has 2 heterocycles. The summed E-state index contributed by atoms with van der Waals surface area (Å²) in [6, 6.07) is 16.0. The molecule has 0 unspecified atom stereocenters. The largest absolute Gasteiger partial charge is 0.381 e. The topological polar surface area (TPSA) is 42.4 Å². The third-order valence-electron chi connectivity index (χ3n) is 4.63. The summed E-state index contributed by atoms with van der Waals surface area (Å²) in [6.07, 6.45) is 3.39. The second-order valence-corrected chi connectivity index (χ2v) is 6.27. The van der Waals surface area contributed by atoms with Crippen molar-refractivity contribution in [3.05, 3.63) is 66.0 Å². The third kappa shape index (κ3) is 4.01. The van der Waals surface area contributed by atoms with Crippen LogP contribution in [0.2, 0.25) is 0 Å². The number of hydrogen-bond acceptors (Lipinski definition) is 3. The Morgan fingerprint density at radius 2 is 1.88 bits per heavy atom. The van der Waals surface area contributed by atoms with Crippen LogP contribution in [0.5, 0.6) is 0 Å². The smallest absolute Gasteiger partial charge is 0.226 e. The van der Waals surface area contributed by atoms with Gasteiger partial charge in [0.2, 0.25) is 5.91 Å². The van der Waals surface area contributed by atoms with E-state index in [1.807, 2.05) is 41.3 Å². The second-order valence-electron chi connectivity index (χ2n) is 6.27. The van der Waals surface area contributed by atoms with Gasteiger partial charge in [0.15, 0.2) is 0 Å². The number of carbonyl (C=O) groups is 1. The van der Waals surface area contributed by atoms with Crippen molar-refractivity contribution >= 4 is 5.91 Å². The van der Waals surface area contributed by atoms with Gasteiger partial charge in [-0.25, -0.2) is 0 Å². The Kier molecular flexibility index (Phi) is 5.59. The van der Waals surface area contributed by atoms with E-state index in [-0.39, 0.29) is 17.9 Å². The van der Waals surface area contributed by atoms with Crippen molar-refractivity contribution in [2.75, 3.05) is 13.2 Å². The van der Waals surface area contributed by atoms with Gasteiger partial charge in [0.1, 0.15) is 0 Å². The van der Waals surface area contributed by atoms with Crippen molar-refractivity contribution < 1.29 is 9.53 Å². The number of hydrogen-bond donors (Lipinski definition) is 0. The molecule has 0 N–H and O–H groups in total. The minimum absolute atomic E-state index is 0.0497. The molecule has 1 atom stereocenters. The molecule has 1 aliphatic heterocycles. The van der Waals surface area contributed by atoms with Crippen molar-refractivity contribution in [3.8, 4) is 0 Å². The molecule has 0 radical (unpaired) electrons. The Bertz CT molecular complexity index is 639. The van der Waals surface area contributed by atoms with Crippen LogP contribution in [0.25, 0.3) is 0 Å². The fraction of sp³-hybridized carbons (Fsp3) is 0.400. The number of pyridine rings is 1. The molecule has 1 fully saturated rings. The maximum absolute atomic E-state index is 13.2. The lowest BCUT2D eigenvalue weighted by Crippen LogP contribution is -2.39. The predicted octanol–water partition coefficient (Wildman–Crippen LogP) is 3.60. The Morgan fingerprint density at radius 3 is 2.54 bits per heavy atom. The second kappa shape index (κ2) is 8.06. The number of rotatable bonds is 5. The zero-order valence-electron chi connectivity index (χ0n) is 14.1. The number of aromatic nitrogens is 1. The minimum Gasteiger partial charge on any atom is -0.381 e. The molecule has 3 rings (SSSR count). The fourth-order valence-corrected chi connectivity index (χ4v) is 3.15. The molecule has 0 bridgehead atoms. The fourth-order valence-electron chi connectivity index (χ4n) is 3.15. The first-order chi connectivity index (χ1) is 11.8. The van der Waals surface area contributed by atoms with Gasteiger partial charge in [0, 0.05) is 31.9 Å². The molecule has 0 spiro atoms. The summed E-state index contributed by atoms with van der Waals surface area (Å²) in [7, 11) is 0. The quantitative estimate of drug-likeness (QED) is 0.844. The lowest BCUT2D eigenvalue weighted by atomic mass is 9.97. The van der Waals surface area contributed by atoms with Crippen LogP contribution < -0.4 is 0 Å². The average molecular weight is 324 g/mol. The highest BCUT2D eigenvalue weighted by Crippen LogP contribution is 2.26. The molecule has 1 aromatic heterocycles. The van der Waals surface area contributed by atoms with Crippen LogP contribution in [-0.2, 0) is 16.1 Å². The van der Waals surface area contributed by atoms with Gasteiger partial charge in [0.25, 0.3) is 0 Å². The standard InChI is InChI=1S/C20H24N2O2/c1-16(19-9-5-6-12-21-19)22(15-17-7-3-2-4-8-17)20(23)18-10-13-24-14-11-18/h2-9,12,16,18H,10-11,13-15H2,1H3/t16-/m1/s1. The Balaban J connectivity index is 1.83. The molecule has 1 amide bonds. The maximum Gasteiger partial charge on any atom is 0.226 e. The molecule has 1 saturated heterocycles. The highest BCUT2D eigenvalue weighted by molar-refractivity contribution is 5.79. The van der Waals surface area contributed by atoms with E-state index in [9.17, 15) is 4.79 Å². The zero-order chi connectivity index (χ0) is 16.8. The molecule has 4 nitrogen and oxygen atoms in total. The van der Waals surface area contributed by atoms with E-state index in [1.54, 1.807) is 6.20 Å². The number of nitrogens with zero attached hydrogens (tertiary/aromatic N) is 2. The predicted molar refractivity (Wildman–Crippen MR) is 93.2 cm³/mol. The van der Waals surface area contributed by atoms with Crippen LogP contribution in [0.3, 0.4) is 0 Å². The van der Waals surface area contributed by atoms with Gasteiger partial charge in [-0.3, -0.25) is 9.78 Å². The first-order valence-electron chi connectivity index (χ1n) is 8.59. The monoisotopic (exact) mass is 324 g/mol. The number of benzene rings is 1. The van der Waals surface area contributed by atoms with E-state index in [1.165, 1.54) is 0 Å². The number of amides is 1. The van der Waals surface area contributed by atoms with E-state index in [2.05, 4.69) is 24.0 Å². The summed E-state index contributed by atoms with van der Waals surface area (Å²) in [5.41, 5.74) is 2.06. The molecule has 1 aromatic carbocycles. The normalized spacial score (nSPS) is 16.5. The lowest BCUT2D eigenvalue weighted by Gasteiger charge is -2.33. The minimum atomic E-state index is -0.0539. The molecule has 126 valence electrons. The van der Waals surface area contributed by atoms with E-state index >= 15 is 0 Å². The van der Waals surface area contributed by atoms with Crippen molar-refractivity contribution in [3.63, 3.8) is 0 Å². The number of ether oxygens (including phenoxy) is 1. The summed E-state index contributed by atoms with van der Waals surface area (Å²) in [6.45, 7) is 4.01. The lowest BCUT2D eigenvalue weighted by molar-refractivity contribution is -0.141. The Labute approximate surface area is 143 Å². The summed E-state index contributed by atoms with van der Waals surface area (Å²) >= 11 is 0. The maximum atomic E-state index is 13.2. The highest BCUT2D eigenvalue weighted by Gasteiger charge is 2.30. The highest BCUT2D eigenvalue weighted by atomic mass is 16.5. The molecular weight excluding hydrogens is 300 g/mol. The van der Waals surface area contributed by atoms with Crippen LogP contribution in [0.1, 0.15) is 37.1 Å².